The molecule has 50 heavy (non-hydrogen) atoms. The number of carbonyl (C=O) groups excluding carboxylic acids is 1. The number of hydrogen-bond donors (Lipinski definition) is 4. The summed E-state index contributed by atoms with van der Waals surface area (Å²) in [5.41, 5.74) is 16.9. The first-order valence-corrected chi connectivity index (χ1v) is 15.0. The minimum atomic E-state index is -1.10. The van der Waals surface area contributed by atoms with Crippen LogP contribution < -0.4 is 39.0 Å². The summed E-state index contributed by atoms with van der Waals surface area (Å²) in [5, 5.41) is 41.7. The second-order valence-electron chi connectivity index (χ2n) is 8.46. The van der Waals surface area contributed by atoms with Gasteiger partial charge in [-0.25, -0.2) is 14.4 Å². The first kappa shape index (κ1) is 48.0. The standard InChI is InChI=1S/C13H15N3O7.C11H13N3O5.C4H7BrO2.Na.H/c14-16-15-11(22-5-4-21-8-12(17)18)7-23-10-3-1-2-9(6-10)13(19)20;12-14-13-10(18-5-4-15)7-19-9-3-1-2-8(6-9)11(16)17;1-2-7-4(6)3-5;;/h1-3,6,11H,4-5,7-8H2,(H,17,18)(H,19,20);1-3,6,10,15H,4-5,7H2,(H,16,17);2-3H2,1H3;;/q;;;+1;-1. The summed E-state index contributed by atoms with van der Waals surface area (Å²) in [4.78, 5) is 47.2. The smallest absolute Gasteiger partial charge is 1.00 e. The first-order chi connectivity index (χ1) is 23.5. The van der Waals surface area contributed by atoms with Crippen molar-refractivity contribution in [1.29, 1.82) is 0 Å². The Hall–Kier alpha value is -4.14. The van der Waals surface area contributed by atoms with E-state index < -0.39 is 37.0 Å². The van der Waals surface area contributed by atoms with Gasteiger partial charge in [0.1, 0.15) is 36.6 Å². The molecule has 2 aromatic rings. The zero-order chi connectivity index (χ0) is 36.9. The number of azide groups is 2. The van der Waals surface area contributed by atoms with E-state index in [2.05, 4.69) is 40.7 Å². The van der Waals surface area contributed by atoms with Crippen LogP contribution in [-0.4, -0.2) is 115 Å². The summed E-state index contributed by atoms with van der Waals surface area (Å²) >= 11 is 2.94. The quantitative estimate of drug-likeness (QED) is 0.0261. The molecule has 0 radical (unpaired) electrons. The van der Waals surface area contributed by atoms with Crippen LogP contribution in [0.1, 0.15) is 29.1 Å². The van der Waals surface area contributed by atoms with E-state index in [9.17, 15) is 19.2 Å². The van der Waals surface area contributed by atoms with Crippen molar-refractivity contribution in [1.82, 2.24) is 0 Å². The van der Waals surface area contributed by atoms with Crippen LogP contribution in [0.3, 0.4) is 0 Å². The number of aromatic carboxylic acids is 2. The van der Waals surface area contributed by atoms with Crippen LogP contribution in [0.2, 0.25) is 0 Å². The van der Waals surface area contributed by atoms with Crippen molar-refractivity contribution in [3.05, 3.63) is 80.5 Å². The number of benzene rings is 2. The number of halogens is 1. The van der Waals surface area contributed by atoms with Gasteiger partial charge in [0, 0.05) is 9.82 Å². The molecule has 20 nitrogen and oxygen atoms in total. The van der Waals surface area contributed by atoms with Crippen LogP contribution in [0, 0.1) is 0 Å². The molecule has 0 aliphatic rings. The molecular weight excluding hydrogens is 747 g/mol. The molecule has 22 heteroatoms. The van der Waals surface area contributed by atoms with E-state index in [1.807, 2.05) is 0 Å². The molecule has 4 N–H and O–H groups in total. The van der Waals surface area contributed by atoms with Crippen LogP contribution in [0.15, 0.2) is 58.8 Å². The molecule has 2 aromatic carbocycles. The van der Waals surface area contributed by atoms with Gasteiger partial charge in [0.25, 0.3) is 0 Å². The molecule has 0 aliphatic heterocycles. The predicted octanol–water partition coefficient (Wildman–Crippen LogP) is 0.988. The molecule has 0 amide bonds. The second-order valence-corrected chi connectivity index (χ2v) is 9.02. The second kappa shape index (κ2) is 30.9. The van der Waals surface area contributed by atoms with Gasteiger partial charge in [-0.3, -0.25) is 4.79 Å². The number of nitrogens with zero attached hydrogens (tertiary/aromatic N) is 6. The zero-order valence-electron chi connectivity index (χ0n) is 28.1. The third kappa shape index (κ3) is 24.9. The molecule has 0 saturated heterocycles. The largest absolute Gasteiger partial charge is 1.00 e. The minimum Gasteiger partial charge on any atom is -1.00 e. The maximum Gasteiger partial charge on any atom is 1.00 e. The SMILES string of the molecule is CCOC(=O)CBr.[H-].[N-]=[N+]=NC(COc1cccc(C(=O)O)c1)OCCO.[N-]=[N+]=NC(COc1cccc(C(=O)O)c1)OCCOCC(=O)O.[Na+]. The minimum absolute atomic E-state index is 0. The monoisotopic (exact) mass is 782 g/mol. The molecule has 0 saturated carbocycles. The van der Waals surface area contributed by atoms with Gasteiger partial charge in [0.15, 0.2) is 12.5 Å². The van der Waals surface area contributed by atoms with E-state index >= 15 is 0 Å². The van der Waals surface area contributed by atoms with E-state index in [4.69, 9.17) is 55.2 Å². The number of aliphatic hydroxyl groups excluding tert-OH is 1. The number of carboxylic acid groups (broad SMARTS) is 3. The van der Waals surface area contributed by atoms with Crippen LogP contribution in [0.4, 0.5) is 0 Å². The number of ether oxygens (including phenoxy) is 6. The maximum absolute atomic E-state index is 10.8. The van der Waals surface area contributed by atoms with Gasteiger partial charge >= 0.3 is 53.4 Å². The van der Waals surface area contributed by atoms with Gasteiger partial charge in [-0.1, -0.05) is 38.3 Å². The Morgan fingerprint density at radius 1 is 0.840 bits per heavy atom. The molecule has 0 aliphatic carbocycles. The van der Waals surface area contributed by atoms with Crippen molar-refractivity contribution in [3.63, 3.8) is 0 Å². The summed E-state index contributed by atoms with van der Waals surface area (Å²) in [6, 6.07) is 11.7. The fourth-order valence-corrected chi connectivity index (χ4v) is 3.07. The van der Waals surface area contributed by atoms with E-state index in [0.717, 1.165) is 0 Å². The van der Waals surface area contributed by atoms with E-state index in [1.165, 1.54) is 36.4 Å². The molecule has 0 spiro atoms. The molecule has 2 rings (SSSR count). The predicted molar refractivity (Wildman–Crippen MR) is 173 cm³/mol. The Morgan fingerprint density at radius 2 is 1.32 bits per heavy atom. The molecule has 0 heterocycles. The number of alkyl halides is 1. The number of esters is 1. The molecule has 270 valence electrons. The topological polar surface area (TPSA) is 302 Å². The summed E-state index contributed by atoms with van der Waals surface area (Å²) in [7, 11) is 0. The summed E-state index contributed by atoms with van der Waals surface area (Å²) in [5.74, 6) is -2.84. The fraction of sp³-hybridized carbons (Fsp3) is 0.429. The summed E-state index contributed by atoms with van der Waals surface area (Å²) in [6.45, 7) is 1.42. The summed E-state index contributed by atoms with van der Waals surface area (Å²) < 4.78 is 30.1. The van der Waals surface area contributed by atoms with Gasteiger partial charge in [0.05, 0.1) is 44.2 Å². The molecule has 0 fully saturated rings. The third-order valence-corrected chi connectivity index (χ3v) is 5.35. The number of carbonyl (C=O) groups is 4. The van der Waals surface area contributed by atoms with Gasteiger partial charge in [0.2, 0.25) is 0 Å². The maximum atomic E-state index is 10.8. The van der Waals surface area contributed by atoms with E-state index in [-0.39, 0.29) is 93.5 Å². The number of aliphatic hydroxyl groups is 1. The Balaban J connectivity index is -0.000000745. The van der Waals surface area contributed by atoms with Crippen molar-refractivity contribution < 1.29 is 99.0 Å². The molecule has 0 aromatic heterocycles. The van der Waals surface area contributed by atoms with Crippen molar-refractivity contribution in [3.8, 4) is 11.5 Å². The number of aliphatic carboxylic acids is 1. The van der Waals surface area contributed by atoms with Crippen molar-refractivity contribution in [2.75, 3.05) is 58.2 Å². The van der Waals surface area contributed by atoms with Crippen LogP contribution in [0.25, 0.3) is 20.9 Å². The average Bonchev–Trinajstić information content (AvgIpc) is 3.09. The number of rotatable bonds is 21. The summed E-state index contributed by atoms with van der Waals surface area (Å²) in [6.07, 6.45) is -1.84. The Labute approximate surface area is 317 Å². The number of hydrogen-bond acceptors (Lipinski definition) is 13. The van der Waals surface area contributed by atoms with E-state index in [0.29, 0.717) is 17.7 Å². The third-order valence-electron chi connectivity index (χ3n) is 4.89. The molecule has 0 bridgehead atoms. The Bertz CT molecular complexity index is 1420. The Morgan fingerprint density at radius 3 is 1.68 bits per heavy atom. The molecule has 2 unspecified atom stereocenters. The van der Waals surface area contributed by atoms with Crippen LogP contribution in [0.5, 0.6) is 11.5 Å². The van der Waals surface area contributed by atoms with Gasteiger partial charge in [-0.05, 0) is 54.4 Å². The van der Waals surface area contributed by atoms with Crippen molar-refractivity contribution in [2.24, 2.45) is 10.2 Å². The normalized spacial score (nSPS) is 10.7. The van der Waals surface area contributed by atoms with E-state index in [1.54, 1.807) is 19.1 Å². The molecular formula is C28H36BrN6NaO14. The van der Waals surface area contributed by atoms with Crippen molar-refractivity contribution in [2.45, 2.75) is 19.4 Å². The van der Waals surface area contributed by atoms with Crippen LogP contribution >= 0.6 is 15.9 Å². The zero-order valence-corrected chi connectivity index (χ0v) is 30.7. The first-order valence-electron chi connectivity index (χ1n) is 13.9. The van der Waals surface area contributed by atoms with Gasteiger partial charge < -0.3 is 50.3 Å². The van der Waals surface area contributed by atoms with Crippen molar-refractivity contribution >= 4 is 39.8 Å². The molecule has 2 atom stereocenters. The fourth-order valence-electron chi connectivity index (χ4n) is 2.91. The van der Waals surface area contributed by atoms with Crippen LogP contribution in [-0.2, 0) is 28.5 Å². The number of carboxylic acids is 3. The van der Waals surface area contributed by atoms with Gasteiger partial charge in [-0.2, -0.15) is 0 Å². The average molecular weight is 784 g/mol. The Kier molecular flexibility index (Phi) is 29.6. The van der Waals surface area contributed by atoms with Gasteiger partial charge in [-0.15, -0.1) is 0 Å².